The van der Waals surface area contributed by atoms with Crippen LogP contribution >= 0.6 is 0 Å². The Morgan fingerprint density at radius 1 is 1.09 bits per heavy atom. The molecular formula is C34H47F3N2O5Si. The number of hydrogen-bond donors (Lipinski definition) is 0. The normalized spacial score (nSPS) is 24.4. The molecule has 0 aromatic carbocycles. The number of carbonyl (C=O) groups excluding carboxylic acids is 1. The van der Waals surface area contributed by atoms with E-state index < -0.39 is 43.4 Å². The summed E-state index contributed by atoms with van der Waals surface area (Å²) in [4.78, 5) is 21.6. The molecule has 2 aromatic rings. The van der Waals surface area contributed by atoms with Crippen molar-refractivity contribution in [2.45, 2.75) is 129 Å². The lowest BCUT2D eigenvalue weighted by Crippen LogP contribution is -2.46. The molecule has 45 heavy (non-hydrogen) atoms. The van der Waals surface area contributed by atoms with Crippen molar-refractivity contribution in [2.75, 3.05) is 13.2 Å². The van der Waals surface area contributed by atoms with E-state index in [9.17, 15) is 18.0 Å². The predicted molar refractivity (Wildman–Crippen MR) is 166 cm³/mol. The lowest BCUT2D eigenvalue weighted by Gasteiger charge is -2.48. The number of fused-ring (bicyclic) bond motifs is 4. The number of carbonyl (C=O) groups is 1. The van der Waals surface area contributed by atoms with E-state index in [1.165, 1.54) is 19.2 Å². The Kier molecular flexibility index (Phi) is 8.63. The third kappa shape index (κ3) is 6.10. The molecule has 1 fully saturated rings. The number of esters is 1. The Bertz CT molecular complexity index is 1440. The van der Waals surface area contributed by atoms with Gasteiger partial charge in [0.05, 0.1) is 17.4 Å². The number of rotatable bonds is 5. The molecule has 2 aromatic heterocycles. The highest BCUT2D eigenvalue weighted by Crippen LogP contribution is 2.61. The molecule has 1 spiro atoms. The molecule has 0 amide bonds. The van der Waals surface area contributed by atoms with Gasteiger partial charge in [-0.3, -0.25) is 14.8 Å². The van der Waals surface area contributed by atoms with E-state index >= 15 is 0 Å². The van der Waals surface area contributed by atoms with Gasteiger partial charge in [-0.05, 0) is 42.1 Å². The number of pyridine rings is 2. The molecule has 3 aliphatic rings. The zero-order valence-corrected chi connectivity index (χ0v) is 29.1. The SMILES string of the molecule is CC(=O)O[C@@H]1c2nc(C(C)C)c3c(c2[C@@H](O[Si](C)(C)C(C)(C)C)CC1(C)C)C1(CCOCC1)O[C@@H]3c1ccc(C(F)(F)F)nc1. The third-order valence-electron chi connectivity index (χ3n) is 10.1. The summed E-state index contributed by atoms with van der Waals surface area (Å²) in [6.07, 6.45) is -3.20. The summed E-state index contributed by atoms with van der Waals surface area (Å²) >= 11 is 0. The Morgan fingerprint density at radius 3 is 2.24 bits per heavy atom. The van der Waals surface area contributed by atoms with Gasteiger partial charge in [0.1, 0.15) is 17.9 Å². The monoisotopic (exact) mass is 648 g/mol. The molecule has 0 bridgehead atoms. The van der Waals surface area contributed by atoms with E-state index in [1.54, 1.807) is 0 Å². The van der Waals surface area contributed by atoms with Gasteiger partial charge < -0.3 is 18.6 Å². The maximum absolute atomic E-state index is 13.5. The minimum Gasteiger partial charge on any atom is -0.455 e. The molecule has 3 atom stereocenters. The number of alkyl halides is 3. The smallest absolute Gasteiger partial charge is 0.433 e. The quantitative estimate of drug-likeness (QED) is 0.237. The van der Waals surface area contributed by atoms with Crippen LogP contribution in [0, 0.1) is 5.41 Å². The molecule has 0 radical (unpaired) electrons. The van der Waals surface area contributed by atoms with Gasteiger partial charge in [-0.25, -0.2) is 0 Å². The number of hydrogen-bond acceptors (Lipinski definition) is 7. The molecular weight excluding hydrogens is 601 g/mol. The van der Waals surface area contributed by atoms with Gasteiger partial charge in [-0.1, -0.05) is 54.5 Å². The second kappa shape index (κ2) is 11.4. The van der Waals surface area contributed by atoms with Gasteiger partial charge >= 0.3 is 12.1 Å². The van der Waals surface area contributed by atoms with E-state index in [4.69, 9.17) is 23.6 Å². The molecule has 7 nitrogen and oxygen atoms in total. The standard InChI is InChI=1S/C34H47F3N2O5Si/c1-19(2)27-25-26(33(13-15-41-16-14-33)43-29(25)21-11-12-23(38-18-21)34(35,36)37)24-22(44-45(9,10)31(4,5)6)17-32(7,8)30(28(24)39-27)42-20(3)40/h11-12,18-19,22,29-30H,13-17H2,1-10H3/t22-,29+,30+/m0/s1. The van der Waals surface area contributed by atoms with Crippen LogP contribution < -0.4 is 0 Å². The fourth-order valence-electron chi connectivity index (χ4n) is 6.82. The molecule has 11 heteroatoms. The van der Waals surface area contributed by atoms with Crippen molar-refractivity contribution in [3.05, 3.63) is 57.7 Å². The van der Waals surface area contributed by atoms with Crippen molar-refractivity contribution in [3.63, 3.8) is 0 Å². The number of nitrogens with zero attached hydrogens (tertiary/aromatic N) is 2. The van der Waals surface area contributed by atoms with Crippen molar-refractivity contribution >= 4 is 14.3 Å². The van der Waals surface area contributed by atoms with Crippen molar-refractivity contribution in [3.8, 4) is 0 Å². The molecule has 1 saturated heterocycles. The average molecular weight is 649 g/mol. The molecule has 1 aliphatic carbocycles. The number of ether oxygens (including phenoxy) is 3. The minimum absolute atomic E-state index is 0.0599. The highest BCUT2D eigenvalue weighted by Gasteiger charge is 2.56. The molecule has 5 rings (SSSR count). The summed E-state index contributed by atoms with van der Waals surface area (Å²) in [5, 5.41) is -0.0696. The Labute approximate surface area is 265 Å². The Morgan fingerprint density at radius 2 is 1.73 bits per heavy atom. The third-order valence-corrected chi connectivity index (χ3v) is 14.6. The zero-order valence-electron chi connectivity index (χ0n) is 28.1. The predicted octanol–water partition coefficient (Wildman–Crippen LogP) is 8.84. The second-order valence-electron chi connectivity index (χ2n) is 15.4. The molecule has 2 aliphatic heterocycles. The topological polar surface area (TPSA) is 79.8 Å². The number of halogens is 3. The van der Waals surface area contributed by atoms with Crippen LogP contribution in [0.2, 0.25) is 18.1 Å². The molecule has 0 N–H and O–H groups in total. The highest BCUT2D eigenvalue weighted by molar-refractivity contribution is 6.74. The van der Waals surface area contributed by atoms with Crippen LogP contribution in [0.5, 0.6) is 0 Å². The number of aromatic nitrogens is 2. The summed E-state index contributed by atoms with van der Waals surface area (Å²) in [5.41, 5.74) is 2.51. The van der Waals surface area contributed by atoms with Crippen molar-refractivity contribution in [1.29, 1.82) is 0 Å². The summed E-state index contributed by atoms with van der Waals surface area (Å²) < 4.78 is 66.6. The summed E-state index contributed by atoms with van der Waals surface area (Å²) in [7, 11) is -2.33. The fourth-order valence-corrected chi connectivity index (χ4v) is 8.09. The second-order valence-corrected chi connectivity index (χ2v) is 20.1. The van der Waals surface area contributed by atoms with Crippen molar-refractivity contribution in [2.24, 2.45) is 5.41 Å². The van der Waals surface area contributed by atoms with Crippen molar-refractivity contribution < 1.29 is 36.6 Å². The van der Waals surface area contributed by atoms with E-state index in [2.05, 4.69) is 52.7 Å². The molecule has 4 heterocycles. The van der Waals surface area contributed by atoms with Gasteiger partial charge in [0.25, 0.3) is 0 Å². The van der Waals surface area contributed by atoms with Crippen LogP contribution in [0.4, 0.5) is 13.2 Å². The van der Waals surface area contributed by atoms with Crippen LogP contribution in [0.25, 0.3) is 0 Å². The van der Waals surface area contributed by atoms with E-state index in [0.717, 1.165) is 28.5 Å². The maximum atomic E-state index is 13.5. The lowest BCUT2D eigenvalue weighted by atomic mass is 9.68. The Balaban J connectivity index is 1.83. The first-order chi connectivity index (χ1) is 20.7. The van der Waals surface area contributed by atoms with Crippen LogP contribution in [0.1, 0.15) is 138 Å². The van der Waals surface area contributed by atoms with Crippen LogP contribution in [-0.4, -0.2) is 37.5 Å². The summed E-state index contributed by atoms with van der Waals surface area (Å²) in [6, 6.07) is 2.47. The van der Waals surface area contributed by atoms with E-state index in [0.29, 0.717) is 43.7 Å². The first-order valence-corrected chi connectivity index (χ1v) is 18.8. The van der Waals surface area contributed by atoms with Gasteiger partial charge in [-0.15, -0.1) is 0 Å². The largest absolute Gasteiger partial charge is 0.455 e. The van der Waals surface area contributed by atoms with E-state index in [-0.39, 0.29) is 23.0 Å². The van der Waals surface area contributed by atoms with Gasteiger partial charge in [0.15, 0.2) is 8.32 Å². The fraction of sp³-hybridized carbons (Fsp3) is 0.676. The van der Waals surface area contributed by atoms with E-state index in [1.807, 2.05) is 13.8 Å². The van der Waals surface area contributed by atoms with Gasteiger partial charge in [0.2, 0.25) is 0 Å². The summed E-state index contributed by atoms with van der Waals surface area (Å²) in [5.74, 6) is -0.447. The lowest BCUT2D eigenvalue weighted by molar-refractivity contribution is -0.156. The average Bonchev–Trinajstić information content (AvgIpc) is 3.23. The molecule has 0 saturated carbocycles. The Hall–Kier alpha value is -2.34. The first-order valence-electron chi connectivity index (χ1n) is 15.9. The molecule has 248 valence electrons. The van der Waals surface area contributed by atoms with Crippen molar-refractivity contribution in [1.82, 2.24) is 9.97 Å². The summed E-state index contributed by atoms with van der Waals surface area (Å²) in [6.45, 7) is 21.7. The maximum Gasteiger partial charge on any atom is 0.433 e. The van der Waals surface area contributed by atoms with Gasteiger partial charge in [-0.2, -0.15) is 13.2 Å². The highest BCUT2D eigenvalue weighted by atomic mass is 28.4. The van der Waals surface area contributed by atoms with Crippen LogP contribution in [-0.2, 0) is 35.2 Å². The first kappa shape index (κ1) is 34.0. The minimum atomic E-state index is -4.55. The van der Waals surface area contributed by atoms with Crippen LogP contribution in [0.15, 0.2) is 18.3 Å². The van der Waals surface area contributed by atoms with Crippen LogP contribution in [0.3, 0.4) is 0 Å². The zero-order chi connectivity index (χ0) is 33.3. The van der Waals surface area contributed by atoms with Gasteiger partial charge in [0, 0.05) is 67.0 Å². The molecule has 0 unspecified atom stereocenters.